The second-order valence-corrected chi connectivity index (χ2v) is 15.3. The predicted octanol–water partition coefficient (Wildman–Crippen LogP) is 15.7. The van der Waals surface area contributed by atoms with Crippen molar-refractivity contribution in [2.75, 3.05) is 13.2 Å². The van der Waals surface area contributed by atoms with Gasteiger partial charge < -0.3 is 14.2 Å². The number of hydrogen-bond donors (Lipinski definition) is 0. The van der Waals surface area contributed by atoms with E-state index in [1.54, 1.807) is 0 Å². The Labute approximate surface area is 373 Å². The van der Waals surface area contributed by atoms with E-state index in [1.165, 1.54) is 38.5 Å². The van der Waals surface area contributed by atoms with Crippen molar-refractivity contribution in [3.8, 4) is 0 Å². The average Bonchev–Trinajstić information content (AvgIpc) is 3.26. The van der Waals surface area contributed by atoms with Crippen molar-refractivity contribution in [3.05, 3.63) is 122 Å². The maximum Gasteiger partial charge on any atom is 0.306 e. The topological polar surface area (TPSA) is 78.9 Å². The van der Waals surface area contributed by atoms with Crippen molar-refractivity contribution in [1.29, 1.82) is 0 Å². The molecule has 0 aromatic rings. The highest BCUT2D eigenvalue weighted by Gasteiger charge is 2.19. The van der Waals surface area contributed by atoms with Gasteiger partial charge in [0.05, 0.1) is 0 Å². The fourth-order valence-electron chi connectivity index (χ4n) is 5.95. The summed E-state index contributed by atoms with van der Waals surface area (Å²) < 4.78 is 16.6. The first kappa shape index (κ1) is 56.8. The molecule has 6 nitrogen and oxygen atoms in total. The van der Waals surface area contributed by atoms with Crippen LogP contribution in [0.3, 0.4) is 0 Å². The molecule has 0 spiro atoms. The molecular weight excluding hydrogens is 757 g/mol. The van der Waals surface area contributed by atoms with Gasteiger partial charge >= 0.3 is 17.9 Å². The molecule has 0 radical (unpaired) electrons. The Morgan fingerprint density at radius 2 is 0.738 bits per heavy atom. The molecule has 0 aromatic heterocycles. The van der Waals surface area contributed by atoms with E-state index in [1.807, 2.05) is 36.5 Å². The van der Waals surface area contributed by atoms with Gasteiger partial charge in [0.1, 0.15) is 13.2 Å². The highest BCUT2D eigenvalue weighted by molar-refractivity contribution is 5.71. The normalized spacial score (nSPS) is 13.2. The molecule has 0 bridgehead atoms. The Bertz CT molecular complexity index is 1340. The van der Waals surface area contributed by atoms with E-state index in [0.717, 1.165) is 96.3 Å². The number of ether oxygens (including phenoxy) is 3. The zero-order valence-electron chi connectivity index (χ0n) is 38.9. The molecule has 0 aliphatic carbocycles. The monoisotopic (exact) mass is 843 g/mol. The molecule has 0 rings (SSSR count). The van der Waals surface area contributed by atoms with E-state index >= 15 is 0 Å². The summed E-state index contributed by atoms with van der Waals surface area (Å²) in [4.78, 5) is 37.8. The first-order chi connectivity index (χ1) is 30.0. The lowest BCUT2D eigenvalue weighted by Crippen LogP contribution is -2.30. The number of allylic oxidation sites excluding steroid dienone is 20. The maximum absolute atomic E-state index is 12.7. The molecule has 342 valence electrons. The summed E-state index contributed by atoms with van der Waals surface area (Å²) in [6.45, 7) is 6.25. The van der Waals surface area contributed by atoms with E-state index in [4.69, 9.17) is 14.2 Å². The number of esters is 3. The summed E-state index contributed by atoms with van der Waals surface area (Å²) in [5, 5.41) is 0. The fourth-order valence-corrected chi connectivity index (χ4v) is 5.95. The minimum absolute atomic E-state index is 0.124. The van der Waals surface area contributed by atoms with Gasteiger partial charge in [-0.25, -0.2) is 0 Å². The van der Waals surface area contributed by atoms with E-state index in [9.17, 15) is 14.4 Å². The summed E-state index contributed by atoms with van der Waals surface area (Å²) in [6, 6.07) is 0. The molecule has 61 heavy (non-hydrogen) atoms. The van der Waals surface area contributed by atoms with Gasteiger partial charge in [-0.1, -0.05) is 187 Å². The molecule has 0 aliphatic heterocycles. The highest BCUT2D eigenvalue weighted by atomic mass is 16.6. The second-order valence-electron chi connectivity index (χ2n) is 15.3. The quantitative estimate of drug-likeness (QED) is 0.0201. The molecule has 0 aromatic carbocycles. The molecule has 0 amide bonds. The van der Waals surface area contributed by atoms with Crippen LogP contribution in [-0.4, -0.2) is 37.2 Å². The Morgan fingerprint density at radius 3 is 1.28 bits per heavy atom. The van der Waals surface area contributed by atoms with Crippen LogP contribution in [0.25, 0.3) is 0 Å². The van der Waals surface area contributed by atoms with Gasteiger partial charge in [0.25, 0.3) is 0 Å². The zero-order chi connectivity index (χ0) is 44.4. The molecule has 6 heteroatoms. The Balaban J connectivity index is 4.58. The highest BCUT2D eigenvalue weighted by Crippen LogP contribution is 2.11. The lowest BCUT2D eigenvalue weighted by Gasteiger charge is -2.18. The third-order valence-electron chi connectivity index (χ3n) is 9.53. The smallest absolute Gasteiger partial charge is 0.306 e. The lowest BCUT2D eigenvalue weighted by atomic mass is 10.1. The van der Waals surface area contributed by atoms with Crippen LogP contribution in [-0.2, 0) is 28.6 Å². The Hall–Kier alpha value is -4.19. The standard InChI is InChI=1S/C55H86O6/c1-4-7-10-13-16-19-22-25-26-27-28-31-33-36-39-42-45-48-54(57)60-51-52(61-55(58)49-46-43-40-37-34-30-24-21-18-15-12-9-6-3)50-59-53(56)47-44-41-38-35-32-29-23-20-17-14-11-8-5-2/h7,9-10,12,15-16,18-19,21,24-26,28-32,34,36,39,52H,4-6,8,11,13-14,17,20,22-23,27,33,35,37-38,40-51H2,1-3H3/b10-7+,12-9+,18-15+,19-16+,24-21+,26-25+,31-28+,32-29+,34-30+,39-36+. The van der Waals surface area contributed by atoms with E-state index in [0.29, 0.717) is 19.3 Å². The third-order valence-corrected chi connectivity index (χ3v) is 9.53. The van der Waals surface area contributed by atoms with Gasteiger partial charge in [-0.2, -0.15) is 0 Å². The van der Waals surface area contributed by atoms with Gasteiger partial charge in [0.15, 0.2) is 6.10 Å². The fraction of sp³-hybridized carbons (Fsp3) is 0.582. The molecule has 0 fully saturated rings. The van der Waals surface area contributed by atoms with Crippen LogP contribution < -0.4 is 0 Å². The van der Waals surface area contributed by atoms with Gasteiger partial charge in [0, 0.05) is 19.3 Å². The van der Waals surface area contributed by atoms with Crippen molar-refractivity contribution in [2.45, 2.75) is 194 Å². The van der Waals surface area contributed by atoms with Crippen LogP contribution in [0.15, 0.2) is 122 Å². The molecule has 0 aliphatic rings. The minimum atomic E-state index is -0.829. The van der Waals surface area contributed by atoms with E-state index < -0.39 is 6.10 Å². The number of unbranched alkanes of at least 4 members (excludes halogenated alkanes) is 13. The summed E-state index contributed by atoms with van der Waals surface area (Å²) in [6.07, 6.45) is 66.2. The van der Waals surface area contributed by atoms with Gasteiger partial charge in [-0.15, -0.1) is 0 Å². The first-order valence-corrected chi connectivity index (χ1v) is 24.1. The number of carbonyl (C=O) groups is 3. The van der Waals surface area contributed by atoms with E-state index in [-0.39, 0.29) is 44.0 Å². The SMILES string of the molecule is CC/C=C/C=C/C=C/C=C/CCCCCC(=O)OC(COC(=O)CCC/C=C/C/C=C/C/C=C/C/C=C/C/C=C/CC)COC(=O)CCCCC/C=C/CCCCCCCC. The number of rotatable bonds is 41. The predicted molar refractivity (Wildman–Crippen MR) is 260 cm³/mol. The van der Waals surface area contributed by atoms with Crippen molar-refractivity contribution < 1.29 is 28.6 Å². The van der Waals surface area contributed by atoms with E-state index in [2.05, 4.69) is 106 Å². The van der Waals surface area contributed by atoms with Crippen LogP contribution in [0.5, 0.6) is 0 Å². The van der Waals surface area contributed by atoms with Crippen molar-refractivity contribution in [2.24, 2.45) is 0 Å². The second kappa shape index (κ2) is 48.5. The van der Waals surface area contributed by atoms with Crippen molar-refractivity contribution in [1.82, 2.24) is 0 Å². The average molecular weight is 843 g/mol. The Morgan fingerprint density at radius 1 is 0.361 bits per heavy atom. The molecule has 0 heterocycles. The minimum Gasteiger partial charge on any atom is -0.462 e. The maximum atomic E-state index is 12.7. The molecular formula is C55H86O6. The molecule has 1 unspecified atom stereocenters. The van der Waals surface area contributed by atoms with Crippen LogP contribution in [0.4, 0.5) is 0 Å². The largest absolute Gasteiger partial charge is 0.462 e. The summed E-state index contributed by atoms with van der Waals surface area (Å²) in [7, 11) is 0. The van der Waals surface area contributed by atoms with Crippen LogP contribution >= 0.6 is 0 Å². The van der Waals surface area contributed by atoms with Gasteiger partial charge in [-0.05, 0) is 103 Å². The number of carbonyl (C=O) groups excluding carboxylic acids is 3. The van der Waals surface area contributed by atoms with Gasteiger partial charge in [-0.3, -0.25) is 14.4 Å². The Kier molecular flexibility index (Phi) is 45.1. The zero-order valence-corrected chi connectivity index (χ0v) is 38.9. The van der Waals surface area contributed by atoms with Crippen LogP contribution in [0.1, 0.15) is 188 Å². The third kappa shape index (κ3) is 46.7. The molecule has 0 saturated carbocycles. The van der Waals surface area contributed by atoms with Crippen molar-refractivity contribution in [3.63, 3.8) is 0 Å². The summed E-state index contributed by atoms with van der Waals surface area (Å²) >= 11 is 0. The summed E-state index contributed by atoms with van der Waals surface area (Å²) in [5.74, 6) is -1.05. The summed E-state index contributed by atoms with van der Waals surface area (Å²) in [5.41, 5.74) is 0. The lowest BCUT2D eigenvalue weighted by molar-refractivity contribution is -0.167. The van der Waals surface area contributed by atoms with Gasteiger partial charge in [0.2, 0.25) is 0 Å². The molecule has 0 N–H and O–H groups in total. The van der Waals surface area contributed by atoms with Crippen LogP contribution in [0.2, 0.25) is 0 Å². The number of hydrogen-bond acceptors (Lipinski definition) is 6. The first-order valence-electron chi connectivity index (χ1n) is 24.1. The molecule has 1 atom stereocenters. The molecule has 0 saturated heterocycles. The van der Waals surface area contributed by atoms with Crippen molar-refractivity contribution >= 4 is 17.9 Å². The van der Waals surface area contributed by atoms with Crippen LogP contribution in [0, 0.1) is 0 Å².